The first-order chi connectivity index (χ1) is 28.2. The Bertz CT molecular complexity index is 1690. The van der Waals surface area contributed by atoms with Gasteiger partial charge in [-0.2, -0.15) is 0 Å². The molecular formula is C44H68O16. The topological polar surface area (TPSA) is 237 Å². The molecule has 2 saturated heterocycles. The fourth-order valence-electron chi connectivity index (χ4n) is 13.9. The van der Waals surface area contributed by atoms with E-state index in [0.29, 0.717) is 38.5 Å². The molecule has 4 saturated carbocycles. The van der Waals surface area contributed by atoms with E-state index in [1.165, 1.54) is 19.8 Å². The van der Waals surface area contributed by atoms with Crippen molar-refractivity contribution in [3.8, 4) is 0 Å². The van der Waals surface area contributed by atoms with Crippen molar-refractivity contribution >= 4 is 17.9 Å². The van der Waals surface area contributed by atoms with Gasteiger partial charge in [-0.05, 0) is 105 Å². The first-order valence-corrected chi connectivity index (χ1v) is 21.7. The number of aliphatic hydroxyl groups is 6. The van der Waals surface area contributed by atoms with Crippen LogP contribution in [0, 0.1) is 50.2 Å². The van der Waals surface area contributed by atoms with Crippen LogP contribution in [0.5, 0.6) is 0 Å². The van der Waals surface area contributed by atoms with Crippen molar-refractivity contribution in [2.24, 2.45) is 50.2 Å². The van der Waals surface area contributed by atoms with Gasteiger partial charge >= 0.3 is 17.9 Å². The van der Waals surface area contributed by atoms with E-state index in [9.17, 15) is 45.0 Å². The molecule has 6 N–H and O–H groups in total. The summed E-state index contributed by atoms with van der Waals surface area (Å²) >= 11 is 0. The van der Waals surface area contributed by atoms with E-state index in [1.807, 2.05) is 13.8 Å². The summed E-state index contributed by atoms with van der Waals surface area (Å²) in [6, 6.07) is 0. The number of aliphatic hydroxyl groups excluding tert-OH is 6. The molecule has 60 heavy (non-hydrogen) atoms. The van der Waals surface area contributed by atoms with Crippen LogP contribution >= 0.6 is 0 Å². The second-order valence-electron chi connectivity index (χ2n) is 20.4. The molecular weight excluding hydrogens is 784 g/mol. The van der Waals surface area contributed by atoms with Crippen molar-refractivity contribution in [3.05, 3.63) is 11.6 Å². The van der Waals surface area contributed by atoms with E-state index in [4.69, 9.17) is 33.2 Å². The highest BCUT2D eigenvalue weighted by Gasteiger charge is 2.71. The lowest BCUT2D eigenvalue weighted by molar-refractivity contribution is -0.358. The Labute approximate surface area is 352 Å². The summed E-state index contributed by atoms with van der Waals surface area (Å²) in [5, 5.41) is 65.0. The molecule has 16 heteroatoms. The maximum Gasteiger partial charge on any atom is 0.337 e. The third-order valence-electron chi connectivity index (χ3n) is 17.8. The summed E-state index contributed by atoms with van der Waals surface area (Å²) in [6.07, 6.45) is -6.42. The molecule has 0 aromatic carbocycles. The monoisotopic (exact) mass is 852 g/mol. The van der Waals surface area contributed by atoms with Gasteiger partial charge in [-0.3, -0.25) is 9.59 Å². The number of esters is 3. The minimum atomic E-state index is -1.80. The number of rotatable bonds is 8. The highest BCUT2D eigenvalue weighted by Crippen LogP contribution is 2.76. The van der Waals surface area contributed by atoms with Crippen LogP contribution in [0.25, 0.3) is 0 Å². The van der Waals surface area contributed by atoms with E-state index in [2.05, 4.69) is 26.8 Å². The number of carbonyl (C=O) groups excluding carboxylic acids is 3. The predicted octanol–water partition coefficient (Wildman–Crippen LogP) is 1.92. The van der Waals surface area contributed by atoms with E-state index >= 15 is 0 Å². The molecule has 0 bridgehead atoms. The van der Waals surface area contributed by atoms with Crippen molar-refractivity contribution in [2.45, 2.75) is 160 Å². The number of hydrogen-bond donors (Lipinski definition) is 6. The lowest BCUT2D eigenvalue weighted by atomic mass is 9.33. The molecule has 6 fully saturated rings. The minimum Gasteiger partial charge on any atom is -0.469 e. The van der Waals surface area contributed by atoms with Crippen LogP contribution in [0.2, 0.25) is 0 Å². The fourth-order valence-corrected chi connectivity index (χ4v) is 13.9. The van der Waals surface area contributed by atoms with Crippen molar-refractivity contribution in [3.63, 3.8) is 0 Å². The summed E-state index contributed by atoms with van der Waals surface area (Å²) in [5.41, 5.74) is -1.80. The molecule has 0 unspecified atom stereocenters. The van der Waals surface area contributed by atoms with Gasteiger partial charge in [-0.1, -0.05) is 39.3 Å². The second kappa shape index (κ2) is 16.1. The van der Waals surface area contributed by atoms with E-state index in [0.717, 1.165) is 32.8 Å². The zero-order valence-electron chi connectivity index (χ0n) is 36.3. The molecule has 7 aliphatic rings. The van der Waals surface area contributed by atoms with Gasteiger partial charge in [0.1, 0.15) is 36.6 Å². The number of carbonyl (C=O) groups is 3. The highest BCUT2D eigenvalue weighted by atomic mass is 16.7. The maximum absolute atomic E-state index is 13.8. The van der Waals surface area contributed by atoms with Crippen molar-refractivity contribution in [1.29, 1.82) is 0 Å². The summed E-state index contributed by atoms with van der Waals surface area (Å²) in [4.78, 5) is 39.9. The number of methoxy groups -OCH3 is 3. The Hall–Kier alpha value is -2.25. The van der Waals surface area contributed by atoms with Gasteiger partial charge in [0.25, 0.3) is 0 Å². The zero-order chi connectivity index (χ0) is 44.0. The first-order valence-electron chi connectivity index (χ1n) is 21.7. The molecule has 0 spiro atoms. The van der Waals surface area contributed by atoms with Crippen LogP contribution in [-0.2, 0) is 47.5 Å². The zero-order valence-corrected chi connectivity index (χ0v) is 36.3. The van der Waals surface area contributed by atoms with Gasteiger partial charge in [0.05, 0.1) is 51.5 Å². The Morgan fingerprint density at radius 1 is 0.750 bits per heavy atom. The Morgan fingerprint density at radius 2 is 1.43 bits per heavy atom. The summed E-state index contributed by atoms with van der Waals surface area (Å²) in [5.74, 6) is -1.46. The van der Waals surface area contributed by atoms with Crippen molar-refractivity contribution < 1.29 is 78.2 Å². The smallest absolute Gasteiger partial charge is 0.337 e. The van der Waals surface area contributed by atoms with E-state index < -0.39 is 90.2 Å². The van der Waals surface area contributed by atoms with E-state index in [1.54, 1.807) is 0 Å². The lowest BCUT2D eigenvalue weighted by Crippen LogP contribution is -2.67. The van der Waals surface area contributed by atoms with Crippen LogP contribution in [0.1, 0.15) is 98.8 Å². The van der Waals surface area contributed by atoms with Crippen molar-refractivity contribution in [1.82, 2.24) is 0 Å². The quantitative estimate of drug-likeness (QED) is 0.0886. The van der Waals surface area contributed by atoms with Gasteiger partial charge in [-0.15, -0.1) is 0 Å². The number of hydrogen-bond acceptors (Lipinski definition) is 16. The van der Waals surface area contributed by atoms with Gasteiger partial charge in [-0.25, -0.2) is 4.79 Å². The predicted molar refractivity (Wildman–Crippen MR) is 209 cm³/mol. The van der Waals surface area contributed by atoms with Crippen LogP contribution in [-0.4, -0.2) is 145 Å². The van der Waals surface area contributed by atoms with Crippen LogP contribution < -0.4 is 0 Å². The Kier molecular flexibility index (Phi) is 12.3. The fraction of sp³-hybridized carbons (Fsp3) is 0.886. The molecule has 7 rings (SSSR count). The average molecular weight is 853 g/mol. The van der Waals surface area contributed by atoms with E-state index in [-0.39, 0.29) is 52.5 Å². The third-order valence-corrected chi connectivity index (χ3v) is 17.8. The molecule has 0 amide bonds. The highest BCUT2D eigenvalue weighted by molar-refractivity contribution is 5.81. The first kappa shape index (κ1) is 45.8. The van der Waals surface area contributed by atoms with Gasteiger partial charge in [0.15, 0.2) is 18.7 Å². The molecule has 0 radical (unpaired) electrons. The molecule has 2 aliphatic heterocycles. The molecule has 0 aromatic rings. The number of fused-ring (bicyclic) bond motifs is 7. The third kappa shape index (κ3) is 6.63. The van der Waals surface area contributed by atoms with Crippen molar-refractivity contribution in [2.75, 3.05) is 34.5 Å². The lowest BCUT2D eigenvalue weighted by Gasteiger charge is -2.71. The van der Waals surface area contributed by atoms with Gasteiger partial charge in [0.2, 0.25) is 0 Å². The molecule has 2 heterocycles. The van der Waals surface area contributed by atoms with Gasteiger partial charge in [0, 0.05) is 5.41 Å². The SMILES string of the molecule is COC(=O)[C@H]1O[C@@H](O[C@H]2CC[C@@]3(C)[C@@H](CC[C@]4(C)[C@@H]3CC=C3[C@@H]5C[C@@](C)(C(=O)OC)CC[C@]5(C(=O)OC)CC[C@]34C)[C@]2(C)CO)[C@H](O)[C@@H](O[C@@H]2OC[C@@H](O)[C@H](O)[C@H]2O)[C@@H]1O. The molecule has 16 nitrogen and oxygen atoms in total. The Balaban J connectivity index is 1.17. The summed E-state index contributed by atoms with van der Waals surface area (Å²) < 4.78 is 39.4. The maximum atomic E-state index is 13.8. The van der Waals surface area contributed by atoms with Gasteiger partial charge < -0.3 is 63.8 Å². The number of allylic oxidation sites excluding steroid dienone is 2. The molecule has 0 aromatic heterocycles. The number of ether oxygens (including phenoxy) is 7. The Morgan fingerprint density at radius 3 is 2.08 bits per heavy atom. The van der Waals surface area contributed by atoms with Crippen LogP contribution in [0.3, 0.4) is 0 Å². The molecule has 19 atom stereocenters. The largest absolute Gasteiger partial charge is 0.469 e. The van der Waals surface area contributed by atoms with Crippen LogP contribution in [0.4, 0.5) is 0 Å². The normalized spacial score (nSPS) is 51.4. The average Bonchev–Trinajstić information content (AvgIpc) is 3.23. The van der Waals surface area contributed by atoms with Crippen LogP contribution in [0.15, 0.2) is 11.6 Å². The minimum absolute atomic E-state index is 0.0473. The molecule has 5 aliphatic carbocycles. The molecule has 340 valence electrons. The summed E-state index contributed by atoms with van der Waals surface area (Å²) in [7, 11) is 3.99. The second-order valence-corrected chi connectivity index (χ2v) is 20.4. The summed E-state index contributed by atoms with van der Waals surface area (Å²) in [6.45, 7) is 10.4. The standard InChI is InChI=1S/C44H68O16/c1-39(37(52)55-7)15-17-44(38(53)56-8)18-16-42(4)22(23(44)19-39)9-10-26-40(2)13-12-27(41(3,21-45)25(40)11-14-43(26,42)5)58-36-31(50)32(30(49)33(60-36)34(51)54-6)59-35-29(48)28(47)24(46)20-57-35/h9,23-33,35-36,45-50H,10-21H2,1-8H3/t23-,24+,25+,26+,27-,28-,29+,30-,31+,32-,33-,35-,36+,39-,40-,41-,42+,43+,44-/m0/s1.